The number of urea groups is 1. The number of hydrogen-bond donors (Lipinski definition) is 1. The third-order valence-corrected chi connectivity index (χ3v) is 5.22. The largest absolute Gasteiger partial charge is 0.383 e. The Hall–Kier alpha value is -3.70. The number of benzene rings is 2. The fourth-order valence-electron chi connectivity index (χ4n) is 3.62. The van der Waals surface area contributed by atoms with E-state index in [1.54, 1.807) is 59.0 Å². The first-order valence-electron chi connectivity index (χ1n) is 10.6. The number of aromatic nitrogens is 2. The maximum absolute atomic E-state index is 13.2. The summed E-state index contributed by atoms with van der Waals surface area (Å²) in [4.78, 5) is 32.8. The monoisotopic (exact) mass is 433 g/mol. The third kappa shape index (κ3) is 4.95. The lowest BCUT2D eigenvalue weighted by Gasteiger charge is -2.30. The van der Waals surface area contributed by atoms with E-state index < -0.39 is 6.04 Å². The van der Waals surface area contributed by atoms with Gasteiger partial charge < -0.3 is 15.0 Å². The van der Waals surface area contributed by atoms with Crippen LogP contribution in [0.4, 0.5) is 10.5 Å². The molecule has 1 heterocycles. The van der Waals surface area contributed by atoms with Gasteiger partial charge in [0.25, 0.3) is 5.56 Å². The Morgan fingerprint density at radius 3 is 2.78 bits per heavy atom. The van der Waals surface area contributed by atoms with Crippen LogP contribution in [-0.4, -0.2) is 40.7 Å². The van der Waals surface area contributed by atoms with Gasteiger partial charge in [-0.25, -0.2) is 9.78 Å². The number of carbonyl (C=O) groups is 1. The maximum Gasteiger partial charge on any atom is 0.322 e. The fourth-order valence-corrected chi connectivity index (χ4v) is 3.62. The van der Waals surface area contributed by atoms with Crippen molar-refractivity contribution in [2.45, 2.75) is 32.9 Å². The fraction of sp³-hybridized carbons (Fsp3) is 0.333. The number of amides is 2. The summed E-state index contributed by atoms with van der Waals surface area (Å²) in [6.45, 7) is 4.99. The number of anilines is 1. The molecular weight excluding hydrogens is 406 g/mol. The van der Waals surface area contributed by atoms with Crippen molar-refractivity contribution in [2.75, 3.05) is 25.6 Å². The van der Waals surface area contributed by atoms with E-state index in [4.69, 9.17) is 15.0 Å². The predicted molar refractivity (Wildman–Crippen MR) is 123 cm³/mol. The van der Waals surface area contributed by atoms with Crippen LogP contribution < -0.4 is 10.9 Å². The number of nitriles is 1. The molecule has 32 heavy (non-hydrogen) atoms. The van der Waals surface area contributed by atoms with Crippen LogP contribution in [0, 0.1) is 11.3 Å². The van der Waals surface area contributed by atoms with Gasteiger partial charge in [-0.15, -0.1) is 0 Å². The van der Waals surface area contributed by atoms with Gasteiger partial charge in [0.05, 0.1) is 41.7 Å². The molecule has 0 spiro atoms. The topological polar surface area (TPSA) is 100 Å². The van der Waals surface area contributed by atoms with E-state index in [-0.39, 0.29) is 11.6 Å². The molecule has 0 fully saturated rings. The molecule has 0 bridgehead atoms. The first-order chi connectivity index (χ1) is 15.5. The van der Waals surface area contributed by atoms with Gasteiger partial charge in [-0.2, -0.15) is 5.26 Å². The summed E-state index contributed by atoms with van der Waals surface area (Å²) in [6.07, 6.45) is 0.728. The first kappa shape index (κ1) is 23.0. The van der Waals surface area contributed by atoms with E-state index in [1.165, 1.54) is 0 Å². The van der Waals surface area contributed by atoms with Crippen molar-refractivity contribution in [3.63, 3.8) is 0 Å². The first-order valence-corrected chi connectivity index (χ1v) is 10.6. The van der Waals surface area contributed by atoms with Gasteiger partial charge in [-0.3, -0.25) is 9.36 Å². The molecule has 0 saturated heterocycles. The minimum atomic E-state index is -0.469. The lowest BCUT2D eigenvalue weighted by molar-refractivity contribution is 0.174. The van der Waals surface area contributed by atoms with Crippen LogP contribution in [0.1, 0.15) is 37.7 Å². The molecule has 0 aliphatic heterocycles. The van der Waals surface area contributed by atoms with E-state index in [0.29, 0.717) is 47.7 Å². The summed E-state index contributed by atoms with van der Waals surface area (Å²) >= 11 is 0. The highest BCUT2D eigenvalue weighted by molar-refractivity contribution is 5.89. The molecule has 0 aliphatic rings. The number of nitrogens with one attached hydrogen (secondary N) is 1. The SMILES string of the molecule is CCCN(C(=O)Nc1cccc(C#N)c1)C(C)c1nc2ccccc2c(=O)n1CCOC. The van der Waals surface area contributed by atoms with Crippen LogP contribution >= 0.6 is 0 Å². The van der Waals surface area contributed by atoms with Crippen molar-refractivity contribution in [2.24, 2.45) is 0 Å². The van der Waals surface area contributed by atoms with Crippen LogP contribution in [0.5, 0.6) is 0 Å². The Kier molecular flexibility index (Phi) is 7.58. The smallest absolute Gasteiger partial charge is 0.322 e. The number of para-hydroxylation sites is 1. The molecule has 8 heteroatoms. The highest BCUT2D eigenvalue weighted by Crippen LogP contribution is 2.22. The maximum atomic E-state index is 13.2. The Morgan fingerprint density at radius 1 is 1.28 bits per heavy atom. The zero-order chi connectivity index (χ0) is 23.1. The van der Waals surface area contributed by atoms with E-state index in [2.05, 4.69) is 11.4 Å². The number of nitrogens with zero attached hydrogens (tertiary/aromatic N) is 4. The van der Waals surface area contributed by atoms with E-state index in [1.807, 2.05) is 19.9 Å². The van der Waals surface area contributed by atoms with Gasteiger partial charge in [-0.05, 0) is 43.7 Å². The summed E-state index contributed by atoms with van der Waals surface area (Å²) in [5.74, 6) is 0.500. The molecule has 0 saturated carbocycles. The molecule has 0 aliphatic carbocycles. The van der Waals surface area contributed by atoms with Gasteiger partial charge in [0.2, 0.25) is 0 Å². The molecule has 1 atom stereocenters. The predicted octanol–water partition coefficient (Wildman–Crippen LogP) is 3.92. The average Bonchev–Trinajstić information content (AvgIpc) is 2.81. The van der Waals surface area contributed by atoms with E-state index in [0.717, 1.165) is 6.42 Å². The summed E-state index contributed by atoms with van der Waals surface area (Å²) < 4.78 is 6.78. The second-order valence-electron chi connectivity index (χ2n) is 7.43. The van der Waals surface area contributed by atoms with Gasteiger partial charge in [-0.1, -0.05) is 25.1 Å². The van der Waals surface area contributed by atoms with Crippen LogP contribution in [0.3, 0.4) is 0 Å². The van der Waals surface area contributed by atoms with Gasteiger partial charge in [0, 0.05) is 19.3 Å². The molecular formula is C24H27N5O3. The standard InChI is InChI=1S/C24H27N5O3/c1-4-12-28(24(31)26-19-9-7-8-18(15-19)16-25)17(2)22-27-21-11-6-5-10-20(21)23(30)29(22)13-14-32-3/h5-11,15,17H,4,12-14H2,1-3H3,(H,26,31). The lowest BCUT2D eigenvalue weighted by Crippen LogP contribution is -2.40. The Balaban J connectivity index is 2.00. The van der Waals surface area contributed by atoms with Crippen molar-refractivity contribution in [1.29, 1.82) is 5.26 Å². The number of hydrogen-bond acceptors (Lipinski definition) is 5. The van der Waals surface area contributed by atoms with Gasteiger partial charge >= 0.3 is 6.03 Å². The van der Waals surface area contributed by atoms with Crippen molar-refractivity contribution >= 4 is 22.6 Å². The highest BCUT2D eigenvalue weighted by atomic mass is 16.5. The number of carbonyl (C=O) groups excluding carboxylic acids is 1. The average molecular weight is 434 g/mol. The number of rotatable bonds is 8. The quantitative estimate of drug-likeness (QED) is 0.580. The van der Waals surface area contributed by atoms with Gasteiger partial charge in [0.15, 0.2) is 0 Å². The molecule has 166 valence electrons. The molecule has 1 unspecified atom stereocenters. The second kappa shape index (κ2) is 10.6. The van der Waals surface area contributed by atoms with Crippen molar-refractivity contribution in [3.8, 4) is 6.07 Å². The second-order valence-corrected chi connectivity index (χ2v) is 7.43. The van der Waals surface area contributed by atoms with Crippen molar-refractivity contribution in [1.82, 2.24) is 14.5 Å². The zero-order valence-electron chi connectivity index (χ0n) is 18.5. The molecule has 2 amide bonds. The van der Waals surface area contributed by atoms with Crippen molar-refractivity contribution in [3.05, 3.63) is 70.3 Å². The molecule has 3 aromatic rings. The summed E-state index contributed by atoms with van der Waals surface area (Å²) in [5, 5.41) is 12.5. The Morgan fingerprint density at radius 2 is 2.06 bits per heavy atom. The Labute approximate surface area is 187 Å². The lowest BCUT2D eigenvalue weighted by atomic mass is 10.2. The third-order valence-electron chi connectivity index (χ3n) is 5.22. The molecule has 2 aromatic carbocycles. The van der Waals surface area contributed by atoms with Crippen LogP contribution in [0.2, 0.25) is 0 Å². The summed E-state index contributed by atoms with van der Waals surface area (Å²) in [7, 11) is 1.58. The normalized spacial score (nSPS) is 11.7. The molecule has 0 radical (unpaired) electrons. The number of fused-ring (bicyclic) bond motifs is 1. The summed E-state index contributed by atoms with van der Waals surface area (Å²) in [6, 6.07) is 15.2. The minimum Gasteiger partial charge on any atom is -0.383 e. The minimum absolute atomic E-state index is 0.159. The highest BCUT2D eigenvalue weighted by Gasteiger charge is 2.26. The van der Waals surface area contributed by atoms with E-state index >= 15 is 0 Å². The van der Waals surface area contributed by atoms with E-state index in [9.17, 15) is 9.59 Å². The Bertz CT molecular complexity index is 1200. The molecule has 1 aromatic heterocycles. The molecule has 1 N–H and O–H groups in total. The molecule has 3 rings (SSSR count). The zero-order valence-corrected chi connectivity index (χ0v) is 18.5. The number of methoxy groups -OCH3 is 1. The van der Waals surface area contributed by atoms with Crippen molar-refractivity contribution < 1.29 is 9.53 Å². The van der Waals surface area contributed by atoms with Gasteiger partial charge in [0.1, 0.15) is 5.82 Å². The van der Waals surface area contributed by atoms with Crippen LogP contribution in [-0.2, 0) is 11.3 Å². The van der Waals surface area contributed by atoms with Crippen LogP contribution in [0.25, 0.3) is 10.9 Å². The van der Waals surface area contributed by atoms with Crippen LogP contribution in [0.15, 0.2) is 53.3 Å². The molecule has 8 nitrogen and oxygen atoms in total. The summed E-state index contributed by atoms with van der Waals surface area (Å²) in [5.41, 5.74) is 1.42. The number of ether oxygens (including phenoxy) is 1.